The van der Waals surface area contributed by atoms with E-state index in [1.807, 2.05) is 4.90 Å². The maximum atomic E-state index is 12.9. The van der Waals surface area contributed by atoms with Crippen LogP contribution in [0.15, 0.2) is 24.3 Å². The Morgan fingerprint density at radius 1 is 1.33 bits per heavy atom. The van der Waals surface area contributed by atoms with Crippen LogP contribution in [0.1, 0.15) is 23.2 Å². The Kier molecular flexibility index (Phi) is 5.11. The molecular formula is C15H20FNO3S. The number of hydrogen-bond donors (Lipinski definition) is 0. The van der Waals surface area contributed by atoms with Gasteiger partial charge in [0.15, 0.2) is 5.78 Å². The largest absolute Gasteiger partial charge is 0.302 e. The van der Waals surface area contributed by atoms with Crippen LogP contribution in [0.4, 0.5) is 4.39 Å². The lowest BCUT2D eigenvalue weighted by molar-refractivity contribution is 0.0826. The van der Waals surface area contributed by atoms with Crippen LogP contribution in [0, 0.1) is 11.7 Å². The quantitative estimate of drug-likeness (QED) is 0.777. The number of benzene rings is 1. The molecule has 1 aliphatic rings. The summed E-state index contributed by atoms with van der Waals surface area (Å²) in [6, 6.07) is 5.59. The van der Waals surface area contributed by atoms with Crippen molar-refractivity contribution in [1.82, 2.24) is 4.90 Å². The van der Waals surface area contributed by atoms with Gasteiger partial charge in [0.1, 0.15) is 15.7 Å². The van der Waals surface area contributed by atoms with Gasteiger partial charge < -0.3 is 4.90 Å². The molecule has 0 N–H and O–H groups in total. The highest BCUT2D eigenvalue weighted by Gasteiger charge is 2.26. The van der Waals surface area contributed by atoms with Crippen molar-refractivity contribution in [3.8, 4) is 0 Å². The summed E-state index contributed by atoms with van der Waals surface area (Å²) < 4.78 is 35.3. The molecule has 1 aromatic carbocycles. The molecule has 1 aliphatic heterocycles. The van der Waals surface area contributed by atoms with Gasteiger partial charge in [-0.25, -0.2) is 12.8 Å². The summed E-state index contributed by atoms with van der Waals surface area (Å²) in [5.41, 5.74) is 0.520. The third kappa shape index (κ3) is 4.89. The van der Waals surface area contributed by atoms with E-state index in [0.717, 1.165) is 19.4 Å². The number of ketones is 1. The van der Waals surface area contributed by atoms with Crippen LogP contribution in [-0.4, -0.2) is 50.7 Å². The second kappa shape index (κ2) is 6.66. The van der Waals surface area contributed by atoms with Crippen LogP contribution in [0.5, 0.6) is 0 Å². The first-order valence-electron chi connectivity index (χ1n) is 7.05. The van der Waals surface area contributed by atoms with E-state index in [2.05, 4.69) is 0 Å². The monoisotopic (exact) mass is 313 g/mol. The van der Waals surface area contributed by atoms with Gasteiger partial charge in [-0.2, -0.15) is 0 Å². The molecule has 0 aromatic heterocycles. The molecule has 1 aromatic rings. The van der Waals surface area contributed by atoms with Gasteiger partial charge in [0.25, 0.3) is 0 Å². The van der Waals surface area contributed by atoms with Crippen molar-refractivity contribution in [2.45, 2.75) is 12.8 Å². The maximum absolute atomic E-state index is 12.9. The Morgan fingerprint density at radius 2 is 2.00 bits per heavy atom. The number of nitrogens with zero attached hydrogens (tertiary/aromatic N) is 1. The van der Waals surface area contributed by atoms with Crippen molar-refractivity contribution in [1.29, 1.82) is 0 Å². The highest BCUT2D eigenvalue weighted by Crippen LogP contribution is 2.21. The maximum Gasteiger partial charge on any atom is 0.167 e. The first-order valence-corrected chi connectivity index (χ1v) is 9.11. The average Bonchev–Trinajstić information content (AvgIpc) is 2.45. The van der Waals surface area contributed by atoms with Gasteiger partial charge in [0.2, 0.25) is 0 Å². The number of likely N-dealkylation sites (tertiary alicyclic amines) is 1. The molecular weight excluding hydrogens is 293 g/mol. The number of Topliss-reactive ketones (excluding diaryl/α,β-unsaturated/α-hetero) is 1. The molecule has 1 heterocycles. The van der Waals surface area contributed by atoms with Gasteiger partial charge >= 0.3 is 0 Å². The smallest absolute Gasteiger partial charge is 0.167 e. The molecule has 0 spiro atoms. The summed E-state index contributed by atoms with van der Waals surface area (Å²) in [5.74, 6) is -0.363. The Labute approximate surface area is 124 Å². The number of sulfone groups is 1. The molecule has 0 aliphatic carbocycles. The number of halogens is 1. The first kappa shape index (κ1) is 16.1. The van der Waals surface area contributed by atoms with E-state index < -0.39 is 9.84 Å². The van der Waals surface area contributed by atoms with Gasteiger partial charge in [-0.05, 0) is 43.7 Å². The zero-order chi connectivity index (χ0) is 15.5. The highest BCUT2D eigenvalue weighted by atomic mass is 32.2. The van der Waals surface area contributed by atoms with E-state index in [9.17, 15) is 17.6 Å². The topological polar surface area (TPSA) is 54.5 Å². The predicted octanol–water partition coefficient (Wildman–Crippen LogP) is 1.77. The molecule has 4 nitrogen and oxygen atoms in total. The fraction of sp³-hybridized carbons (Fsp3) is 0.533. The molecule has 0 amide bonds. The summed E-state index contributed by atoms with van der Waals surface area (Å²) >= 11 is 0. The SMILES string of the molecule is CS(=O)(=O)CCN1CCC[C@@H](C(=O)c2ccc(F)cc2)C1. The number of carbonyl (C=O) groups excluding carboxylic acids is 1. The fourth-order valence-electron chi connectivity index (χ4n) is 2.62. The molecule has 0 saturated carbocycles. The van der Waals surface area contributed by atoms with E-state index in [1.54, 1.807) is 0 Å². The lowest BCUT2D eigenvalue weighted by atomic mass is 9.90. The lowest BCUT2D eigenvalue weighted by Gasteiger charge is -2.31. The zero-order valence-electron chi connectivity index (χ0n) is 12.1. The standard InChI is InChI=1S/C15H20FNO3S/c1-21(19,20)10-9-17-8-2-3-13(11-17)15(18)12-4-6-14(16)7-5-12/h4-7,13H,2-3,8-11H2,1H3/t13-/m1/s1. The third-order valence-electron chi connectivity index (χ3n) is 3.78. The van der Waals surface area contributed by atoms with Crippen molar-refractivity contribution < 1.29 is 17.6 Å². The van der Waals surface area contributed by atoms with E-state index >= 15 is 0 Å². The van der Waals surface area contributed by atoms with Gasteiger partial charge in [-0.1, -0.05) is 0 Å². The van der Waals surface area contributed by atoms with Gasteiger partial charge in [-0.3, -0.25) is 4.79 Å². The van der Waals surface area contributed by atoms with Gasteiger partial charge in [0.05, 0.1) is 5.75 Å². The first-order chi connectivity index (χ1) is 9.85. The normalized spacial score (nSPS) is 20.4. The van der Waals surface area contributed by atoms with E-state index in [0.29, 0.717) is 18.7 Å². The van der Waals surface area contributed by atoms with E-state index in [-0.39, 0.29) is 23.3 Å². The summed E-state index contributed by atoms with van der Waals surface area (Å²) in [7, 11) is -2.99. The predicted molar refractivity (Wildman–Crippen MR) is 79.6 cm³/mol. The van der Waals surface area contributed by atoms with E-state index in [1.165, 1.54) is 30.5 Å². The molecule has 1 atom stereocenters. The molecule has 0 radical (unpaired) electrons. The molecule has 1 fully saturated rings. The van der Waals surface area contributed by atoms with Crippen molar-refractivity contribution in [3.63, 3.8) is 0 Å². The third-order valence-corrected chi connectivity index (χ3v) is 4.71. The summed E-state index contributed by atoms with van der Waals surface area (Å²) in [6.07, 6.45) is 2.89. The number of rotatable bonds is 5. The lowest BCUT2D eigenvalue weighted by Crippen LogP contribution is -2.40. The Balaban J connectivity index is 1.97. The van der Waals surface area contributed by atoms with Crippen LogP contribution >= 0.6 is 0 Å². The molecule has 6 heteroatoms. The fourth-order valence-corrected chi connectivity index (χ4v) is 3.21. The van der Waals surface area contributed by atoms with Gasteiger partial charge in [0, 0.05) is 30.8 Å². The molecule has 116 valence electrons. The molecule has 1 saturated heterocycles. The molecule has 2 rings (SSSR count). The second-order valence-corrected chi connectivity index (χ2v) is 7.90. The minimum Gasteiger partial charge on any atom is -0.302 e. The summed E-state index contributed by atoms with van der Waals surface area (Å²) in [4.78, 5) is 14.4. The van der Waals surface area contributed by atoms with Crippen molar-refractivity contribution >= 4 is 15.6 Å². The minimum atomic E-state index is -2.99. The number of hydrogen-bond acceptors (Lipinski definition) is 4. The number of piperidine rings is 1. The summed E-state index contributed by atoms with van der Waals surface area (Å²) in [5, 5.41) is 0. The van der Waals surface area contributed by atoms with Gasteiger partial charge in [-0.15, -0.1) is 0 Å². The van der Waals surface area contributed by atoms with Crippen LogP contribution in [-0.2, 0) is 9.84 Å². The highest BCUT2D eigenvalue weighted by molar-refractivity contribution is 7.90. The van der Waals surface area contributed by atoms with Crippen molar-refractivity contribution in [3.05, 3.63) is 35.6 Å². The van der Waals surface area contributed by atoms with Crippen LogP contribution in [0.3, 0.4) is 0 Å². The van der Waals surface area contributed by atoms with Crippen molar-refractivity contribution in [2.24, 2.45) is 5.92 Å². The van der Waals surface area contributed by atoms with Crippen LogP contribution < -0.4 is 0 Å². The minimum absolute atomic E-state index is 0.0130. The van der Waals surface area contributed by atoms with Crippen molar-refractivity contribution in [2.75, 3.05) is 31.6 Å². The van der Waals surface area contributed by atoms with Crippen LogP contribution in [0.25, 0.3) is 0 Å². The molecule has 21 heavy (non-hydrogen) atoms. The Hall–Kier alpha value is -1.27. The Morgan fingerprint density at radius 3 is 2.62 bits per heavy atom. The zero-order valence-corrected chi connectivity index (χ0v) is 12.9. The second-order valence-electron chi connectivity index (χ2n) is 5.64. The summed E-state index contributed by atoms with van der Waals surface area (Å²) in [6.45, 7) is 1.86. The molecule has 0 bridgehead atoms. The van der Waals surface area contributed by atoms with Crippen LogP contribution in [0.2, 0.25) is 0 Å². The Bertz CT molecular complexity index is 598. The number of carbonyl (C=O) groups is 1. The van der Waals surface area contributed by atoms with E-state index in [4.69, 9.17) is 0 Å². The average molecular weight is 313 g/mol. The molecule has 0 unspecified atom stereocenters.